The van der Waals surface area contributed by atoms with E-state index in [1.807, 2.05) is 32.0 Å². The summed E-state index contributed by atoms with van der Waals surface area (Å²) in [5.41, 5.74) is 4.28. The van der Waals surface area contributed by atoms with Crippen molar-refractivity contribution in [3.8, 4) is 0 Å². The van der Waals surface area contributed by atoms with Crippen LogP contribution in [-0.4, -0.2) is 9.97 Å². The number of benzene rings is 1. The zero-order valence-corrected chi connectivity index (χ0v) is 13.5. The van der Waals surface area contributed by atoms with Crippen molar-refractivity contribution >= 4 is 44.9 Å². The molecule has 1 aromatic carbocycles. The summed E-state index contributed by atoms with van der Waals surface area (Å²) in [6, 6.07) is 5.61. The van der Waals surface area contributed by atoms with Gasteiger partial charge in [0.25, 0.3) is 0 Å². The number of nitrogen functional groups attached to an aromatic ring is 1. The van der Waals surface area contributed by atoms with Crippen molar-refractivity contribution in [3.63, 3.8) is 0 Å². The smallest absolute Gasteiger partial charge is 0.148 e. The van der Waals surface area contributed by atoms with Crippen molar-refractivity contribution in [1.29, 1.82) is 0 Å². The molecule has 2 rings (SSSR count). The number of rotatable bonds is 4. The quantitative estimate of drug-likeness (QED) is 0.569. The van der Waals surface area contributed by atoms with Crippen LogP contribution in [0.1, 0.15) is 25.3 Å². The summed E-state index contributed by atoms with van der Waals surface area (Å²) in [7, 11) is 0. The molecule has 0 saturated heterocycles. The Balaban J connectivity index is 2.43. The lowest BCUT2D eigenvalue weighted by Gasteiger charge is -2.17. The molecule has 0 atom stereocenters. The average Bonchev–Trinajstić information content (AvgIpc) is 2.41. The molecule has 2 aromatic rings. The first-order valence-corrected chi connectivity index (χ1v) is 7.23. The highest BCUT2D eigenvalue weighted by molar-refractivity contribution is 9.10. The summed E-state index contributed by atoms with van der Waals surface area (Å²) in [4.78, 5) is 8.41. The van der Waals surface area contributed by atoms with E-state index < -0.39 is 0 Å². The molecule has 0 saturated carbocycles. The van der Waals surface area contributed by atoms with E-state index in [-0.39, 0.29) is 5.92 Å². The van der Waals surface area contributed by atoms with Gasteiger partial charge in [-0.1, -0.05) is 41.4 Å². The minimum absolute atomic E-state index is 0.207. The number of halogens is 2. The fraction of sp³-hybridized carbons (Fsp3) is 0.231. The second-order valence-corrected chi connectivity index (χ2v) is 5.86. The third-order valence-electron chi connectivity index (χ3n) is 2.78. The molecule has 0 amide bonds. The standard InChI is InChI=1S/C13H15BrClN5/c1-7(2)11-12(17-6-18-13(11)20-16)19-10-4-3-8(14)5-9(10)15/h3-7H,16H2,1-2H3,(H2,17,18,19,20). The lowest BCUT2D eigenvalue weighted by Crippen LogP contribution is -2.14. The Labute approximate surface area is 131 Å². The van der Waals surface area contributed by atoms with Crippen LogP contribution >= 0.6 is 27.5 Å². The summed E-state index contributed by atoms with van der Waals surface area (Å²) in [5.74, 6) is 7.00. The van der Waals surface area contributed by atoms with Crippen LogP contribution in [0.25, 0.3) is 0 Å². The Hall–Kier alpha value is -1.37. The van der Waals surface area contributed by atoms with Crippen LogP contribution in [0.15, 0.2) is 29.0 Å². The summed E-state index contributed by atoms with van der Waals surface area (Å²) in [6.07, 6.45) is 1.45. The van der Waals surface area contributed by atoms with Crippen molar-refractivity contribution in [2.24, 2.45) is 5.84 Å². The molecule has 20 heavy (non-hydrogen) atoms. The van der Waals surface area contributed by atoms with Gasteiger partial charge in [0.2, 0.25) is 0 Å². The molecule has 0 radical (unpaired) electrons. The van der Waals surface area contributed by atoms with E-state index in [2.05, 4.69) is 36.6 Å². The highest BCUT2D eigenvalue weighted by atomic mass is 79.9. The van der Waals surface area contributed by atoms with Gasteiger partial charge in [-0.2, -0.15) is 0 Å². The van der Waals surface area contributed by atoms with Crippen LogP contribution in [0.4, 0.5) is 17.3 Å². The third-order valence-corrected chi connectivity index (χ3v) is 3.59. The minimum atomic E-state index is 0.207. The SMILES string of the molecule is CC(C)c1c(NN)ncnc1Nc1ccc(Br)cc1Cl. The average molecular weight is 357 g/mol. The summed E-state index contributed by atoms with van der Waals surface area (Å²) in [6.45, 7) is 4.10. The zero-order chi connectivity index (χ0) is 14.7. The fourth-order valence-corrected chi connectivity index (χ4v) is 2.60. The highest BCUT2D eigenvalue weighted by Gasteiger charge is 2.15. The second kappa shape index (κ2) is 6.39. The number of aromatic nitrogens is 2. The predicted molar refractivity (Wildman–Crippen MR) is 86.4 cm³/mol. The maximum atomic E-state index is 6.21. The van der Waals surface area contributed by atoms with Gasteiger partial charge in [-0.3, -0.25) is 0 Å². The van der Waals surface area contributed by atoms with E-state index in [0.717, 1.165) is 15.7 Å². The molecule has 4 N–H and O–H groups in total. The number of anilines is 3. The Bertz CT molecular complexity index is 618. The Morgan fingerprint density at radius 1 is 1.25 bits per heavy atom. The number of nitrogens with two attached hydrogens (primary N) is 1. The van der Waals surface area contributed by atoms with Gasteiger partial charge in [0.05, 0.1) is 10.7 Å². The molecule has 1 aromatic heterocycles. The van der Waals surface area contributed by atoms with Crippen molar-refractivity contribution in [1.82, 2.24) is 9.97 Å². The predicted octanol–water partition coefficient (Wildman–Crippen LogP) is 4.05. The molecule has 7 heteroatoms. The molecule has 1 heterocycles. The first kappa shape index (κ1) is 15.0. The van der Waals surface area contributed by atoms with Gasteiger partial charge in [-0.25, -0.2) is 15.8 Å². The van der Waals surface area contributed by atoms with E-state index >= 15 is 0 Å². The van der Waals surface area contributed by atoms with E-state index in [9.17, 15) is 0 Å². The normalized spacial score (nSPS) is 10.7. The molecule has 0 unspecified atom stereocenters. The molecular formula is C13H15BrClN5. The van der Waals surface area contributed by atoms with Gasteiger partial charge >= 0.3 is 0 Å². The molecular weight excluding hydrogens is 342 g/mol. The third kappa shape index (κ3) is 3.20. The maximum Gasteiger partial charge on any atom is 0.148 e. The van der Waals surface area contributed by atoms with Gasteiger partial charge < -0.3 is 10.7 Å². The van der Waals surface area contributed by atoms with Crippen LogP contribution in [0, 0.1) is 0 Å². The number of hydrogen-bond acceptors (Lipinski definition) is 5. The van der Waals surface area contributed by atoms with Crippen LogP contribution < -0.4 is 16.6 Å². The molecule has 106 valence electrons. The maximum absolute atomic E-state index is 6.21. The number of nitrogens with zero attached hydrogens (tertiary/aromatic N) is 2. The summed E-state index contributed by atoms with van der Waals surface area (Å²) < 4.78 is 0.920. The summed E-state index contributed by atoms with van der Waals surface area (Å²) in [5, 5.41) is 3.83. The topological polar surface area (TPSA) is 75.9 Å². The van der Waals surface area contributed by atoms with Crippen LogP contribution in [0.5, 0.6) is 0 Å². The monoisotopic (exact) mass is 355 g/mol. The molecule has 0 fully saturated rings. The number of hydrazine groups is 1. The summed E-state index contributed by atoms with van der Waals surface area (Å²) >= 11 is 9.59. The van der Waals surface area contributed by atoms with Crippen molar-refractivity contribution in [3.05, 3.63) is 39.6 Å². The van der Waals surface area contributed by atoms with Gasteiger partial charge in [-0.05, 0) is 24.1 Å². The van der Waals surface area contributed by atoms with Gasteiger partial charge in [0.15, 0.2) is 0 Å². The first-order chi connectivity index (χ1) is 9.52. The zero-order valence-electron chi connectivity index (χ0n) is 11.1. The minimum Gasteiger partial charge on any atom is -0.339 e. The van der Waals surface area contributed by atoms with Gasteiger partial charge in [0.1, 0.15) is 18.0 Å². The van der Waals surface area contributed by atoms with Gasteiger partial charge in [-0.15, -0.1) is 0 Å². The molecule has 0 spiro atoms. The Morgan fingerprint density at radius 2 is 1.95 bits per heavy atom. The lowest BCUT2D eigenvalue weighted by atomic mass is 10.0. The van der Waals surface area contributed by atoms with E-state index in [0.29, 0.717) is 16.7 Å². The van der Waals surface area contributed by atoms with Crippen molar-refractivity contribution in [2.45, 2.75) is 19.8 Å². The molecule has 0 bridgehead atoms. The van der Waals surface area contributed by atoms with E-state index in [1.54, 1.807) is 0 Å². The van der Waals surface area contributed by atoms with Crippen LogP contribution in [0.3, 0.4) is 0 Å². The lowest BCUT2D eigenvalue weighted by molar-refractivity contribution is 0.850. The second-order valence-electron chi connectivity index (χ2n) is 4.53. The van der Waals surface area contributed by atoms with Crippen molar-refractivity contribution in [2.75, 3.05) is 10.7 Å². The highest BCUT2D eigenvalue weighted by Crippen LogP contribution is 2.33. The van der Waals surface area contributed by atoms with Gasteiger partial charge in [0, 0.05) is 10.0 Å². The van der Waals surface area contributed by atoms with Crippen molar-refractivity contribution < 1.29 is 0 Å². The number of hydrogen-bond donors (Lipinski definition) is 3. The van der Waals surface area contributed by atoms with E-state index in [1.165, 1.54) is 6.33 Å². The molecule has 5 nitrogen and oxygen atoms in total. The fourth-order valence-electron chi connectivity index (χ4n) is 1.88. The molecule has 0 aliphatic heterocycles. The largest absolute Gasteiger partial charge is 0.339 e. The first-order valence-electron chi connectivity index (χ1n) is 6.06. The molecule has 0 aliphatic rings. The number of nitrogens with one attached hydrogen (secondary N) is 2. The Morgan fingerprint density at radius 3 is 2.55 bits per heavy atom. The van der Waals surface area contributed by atoms with E-state index in [4.69, 9.17) is 17.4 Å². The Kier molecular flexibility index (Phi) is 4.80. The molecule has 0 aliphatic carbocycles. The van der Waals surface area contributed by atoms with Crippen LogP contribution in [0.2, 0.25) is 5.02 Å². The van der Waals surface area contributed by atoms with Crippen LogP contribution in [-0.2, 0) is 0 Å².